The van der Waals surface area contributed by atoms with Crippen molar-refractivity contribution in [1.29, 1.82) is 0 Å². The molecule has 30 heavy (non-hydrogen) atoms. The van der Waals surface area contributed by atoms with Gasteiger partial charge in [-0.2, -0.15) is 13.2 Å². The summed E-state index contributed by atoms with van der Waals surface area (Å²) in [5.41, 5.74) is 1.54. The summed E-state index contributed by atoms with van der Waals surface area (Å²) in [5, 5.41) is 6.25. The van der Waals surface area contributed by atoms with Crippen LogP contribution in [-0.2, 0) is 17.5 Å². The molecule has 0 aromatic heterocycles. The summed E-state index contributed by atoms with van der Waals surface area (Å²) in [4.78, 5) is 12.6. The van der Waals surface area contributed by atoms with E-state index in [4.69, 9.17) is 4.74 Å². The standard InChI is InChI=1S/C23H27F3N2O2/c1-27-20-10-5-16(6-11-20)22(29)28-14-18-13-17(7-12-21(18)30-2)15-3-8-19(9-4-15)23(24,25)26/h3-4,7-9,12-13,16,20,27H,5-6,10-11,14H2,1-2H3,(H,28,29). The van der Waals surface area contributed by atoms with E-state index in [9.17, 15) is 18.0 Å². The Morgan fingerprint density at radius 3 is 2.23 bits per heavy atom. The third kappa shape index (κ3) is 5.33. The van der Waals surface area contributed by atoms with Gasteiger partial charge in [0.2, 0.25) is 5.91 Å². The minimum absolute atomic E-state index is 0.0127. The van der Waals surface area contributed by atoms with Crippen molar-refractivity contribution < 1.29 is 22.7 Å². The molecule has 1 aliphatic carbocycles. The van der Waals surface area contributed by atoms with Crippen molar-refractivity contribution in [2.45, 2.75) is 44.4 Å². The van der Waals surface area contributed by atoms with Gasteiger partial charge in [-0.3, -0.25) is 4.79 Å². The van der Waals surface area contributed by atoms with Crippen LogP contribution in [0, 0.1) is 5.92 Å². The molecule has 7 heteroatoms. The van der Waals surface area contributed by atoms with Crippen LogP contribution in [0.25, 0.3) is 11.1 Å². The van der Waals surface area contributed by atoms with E-state index in [1.165, 1.54) is 12.1 Å². The van der Waals surface area contributed by atoms with Crippen LogP contribution < -0.4 is 15.4 Å². The number of carbonyl (C=O) groups is 1. The first-order valence-corrected chi connectivity index (χ1v) is 10.1. The summed E-state index contributed by atoms with van der Waals surface area (Å²) in [5.74, 6) is 0.676. The Bertz CT molecular complexity index is 858. The molecule has 1 fully saturated rings. The summed E-state index contributed by atoms with van der Waals surface area (Å²) < 4.78 is 43.8. The van der Waals surface area contributed by atoms with Crippen LogP contribution in [0.5, 0.6) is 5.75 Å². The van der Waals surface area contributed by atoms with Crippen LogP contribution in [0.1, 0.15) is 36.8 Å². The second-order valence-electron chi connectivity index (χ2n) is 7.66. The highest BCUT2D eigenvalue weighted by molar-refractivity contribution is 5.79. The maximum Gasteiger partial charge on any atom is 0.416 e. The molecule has 0 radical (unpaired) electrons. The fraction of sp³-hybridized carbons (Fsp3) is 0.435. The zero-order valence-electron chi connectivity index (χ0n) is 17.2. The molecule has 0 bridgehead atoms. The number of rotatable bonds is 6. The quantitative estimate of drug-likeness (QED) is 0.708. The molecule has 162 valence electrons. The van der Waals surface area contributed by atoms with Gasteiger partial charge in [-0.25, -0.2) is 0 Å². The lowest BCUT2D eigenvalue weighted by Crippen LogP contribution is -2.37. The zero-order valence-corrected chi connectivity index (χ0v) is 17.2. The topological polar surface area (TPSA) is 50.4 Å². The van der Waals surface area contributed by atoms with Crippen LogP contribution in [-0.4, -0.2) is 26.1 Å². The van der Waals surface area contributed by atoms with Crippen LogP contribution in [0.4, 0.5) is 13.2 Å². The predicted molar refractivity (Wildman–Crippen MR) is 110 cm³/mol. The Morgan fingerprint density at radius 2 is 1.67 bits per heavy atom. The number of hydrogen-bond acceptors (Lipinski definition) is 3. The molecule has 0 heterocycles. The van der Waals surface area contributed by atoms with E-state index in [0.29, 0.717) is 23.9 Å². The first-order chi connectivity index (χ1) is 14.3. The van der Waals surface area contributed by atoms with Gasteiger partial charge in [-0.15, -0.1) is 0 Å². The van der Waals surface area contributed by atoms with Gasteiger partial charge in [0.05, 0.1) is 12.7 Å². The molecule has 1 aliphatic rings. The molecule has 0 atom stereocenters. The molecule has 3 rings (SSSR count). The van der Waals surface area contributed by atoms with Crippen molar-refractivity contribution in [3.05, 3.63) is 53.6 Å². The van der Waals surface area contributed by atoms with E-state index < -0.39 is 11.7 Å². The monoisotopic (exact) mass is 420 g/mol. The predicted octanol–water partition coefficient (Wildman–Crippen LogP) is 4.78. The lowest BCUT2D eigenvalue weighted by Gasteiger charge is -2.27. The lowest BCUT2D eigenvalue weighted by molar-refractivity contribution is -0.137. The molecule has 2 N–H and O–H groups in total. The molecule has 1 saturated carbocycles. The van der Waals surface area contributed by atoms with E-state index >= 15 is 0 Å². The molecular formula is C23H27F3N2O2. The highest BCUT2D eigenvalue weighted by Gasteiger charge is 2.30. The molecule has 2 aromatic rings. The SMILES string of the molecule is CNC1CCC(C(=O)NCc2cc(-c3ccc(C(F)(F)F)cc3)ccc2OC)CC1. The Kier molecular flexibility index (Phi) is 7.02. The largest absolute Gasteiger partial charge is 0.496 e. The van der Waals surface area contributed by atoms with Crippen molar-refractivity contribution >= 4 is 5.91 Å². The second-order valence-corrected chi connectivity index (χ2v) is 7.66. The molecule has 0 aliphatic heterocycles. The van der Waals surface area contributed by atoms with Gasteiger partial charge in [-0.1, -0.05) is 18.2 Å². The average Bonchev–Trinajstić information content (AvgIpc) is 2.76. The minimum atomic E-state index is -4.36. The third-order valence-corrected chi connectivity index (χ3v) is 5.79. The normalized spacial score (nSPS) is 19.4. The summed E-state index contributed by atoms with van der Waals surface area (Å²) in [6.45, 7) is 0.308. The first-order valence-electron chi connectivity index (χ1n) is 10.1. The summed E-state index contributed by atoms with van der Waals surface area (Å²) >= 11 is 0. The third-order valence-electron chi connectivity index (χ3n) is 5.79. The van der Waals surface area contributed by atoms with Gasteiger partial charge in [0.15, 0.2) is 0 Å². The van der Waals surface area contributed by atoms with Gasteiger partial charge in [0, 0.05) is 24.1 Å². The van der Waals surface area contributed by atoms with Crippen molar-refractivity contribution in [3.8, 4) is 16.9 Å². The van der Waals surface area contributed by atoms with E-state index in [-0.39, 0.29) is 11.8 Å². The Balaban J connectivity index is 1.70. The van der Waals surface area contributed by atoms with Gasteiger partial charge in [0.1, 0.15) is 5.75 Å². The summed E-state index contributed by atoms with van der Waals surface area (Å²) in [6.07, 6.45) is -0.664. The van der Waals surface area contributed by atoms with Crippen molar-refractivity contribution in [1.82, 2.24) is 10.6 Å². The highest BCUT2D eigenvalue weighted by Crippen LogP contribution is 2.32. The van der Waals surface area contributed by atoms with E-state index in [0.717, 1.165) is 48.9 Å². The fourth-order valence-electron chi connectivity index (χ4n) is 3.92. The summed E-state index contributed by atoms with van der Waals surface area (Å²) in [7, 11) is 3.50. The number of nitrogens with one attached hydrogen (secondary N) is 2. The Morgan fingerprint density at radius 1 is 1.03 bits per heavy atom. The van der Waals surface area contributed by atoms with Crippen molar-refractivity contribution in [2.75, 3.05) is 14.2 Å². The Labute approximate surface area is 174 Å². The number of methoxy groups -OCH3 is 1. The molecule has 0 saturated heterocycles. The molecule has 1 amide bonds. The molecule has 4 nitrogen and oxygen atoms in total. The van der Waals surface area contributed by atoms with Gasteiger partial charge < -0.3 is 15.4 Å². The zero-order chi connectivity index (χ0) is 21.7. The number of ether oxygens (including phenoxy) is 1. The minimum Gasteiger partial charge on any atom is -0.496 e. The van der Waals surface area contributed by atoms with E-state index in [1.54, 1.807) is 19.2 Å². The smallest absolute Gasteiger partial charge is 0.416 e. The molecule has 0 unspecified atom stereocenters. The van der Waals surface area contributed by atoms with Crippen LogP contribution in [0.2, 0.25) is 0 Å². The number of alkyl halides is 3. The lowest BCUT2D eigenvalue weighted by atomic mass is 9.85. The highest BCUT2D eigenvalue weighted by atomic mass is 19.4. The van der Waals surface area contributed by atoms with Crippen LogP contribution in [0.15, 0.2) is 42.5 Å². The maximum absolute atomic E-state index is 12.8. The first kappa shape index (κ1) is 22.2. The average molecular weight is 420 g/mol. The van der Waals surface area contributed by atoms with Crippen molar-refractivity contribution in [2.24, 2.45) is 5.92 Å². The van der Waals surface area contributed by atoms with Gasteiger partial charge in [-0.05, 0) is 68.1 Å². The van der Waals surface area contributed by atoms with Crippen LogP contribution >= 0.6 is 0 Å². The maximum atomic E-state index is 12.8. The summed E-state index contributed by atoms with van der Waals surface area (Å²) in [6, 6.07) is 10.9. The van der Waals surface area contributed by atoms with E-state index in [2.05, 4.69) is 10.6 Å². The molecule has 0 spiro atoms. The Hall–Kier alpha value is -2.54. The van der Waals surface area contributed by atoms with Crippen LogP contribution in [0.3, 0.4) is 0 Å². The number of amides is 1. The fourth-order valence-corrected chi connectivity index (χ4v) is 3.92. The van der Waals surface area contributed by atoms with E-state index in [1.807, 2.05) is 13.1 Å². The second kappa shape index (κ2) is 9.51. The molecular weight excluding hydrogens is 393 g/mol. The number of halogens is 3. The number of benzene rings is 2. The number of hydrogen-bond donors (Lipinski definition) is 2. The molecule has 2 aromatic carbocycles. The van der Waals surface area contributed by atoms with Gasteiger partial charge >= 0.3 is 6.18 Å². The van der Waals surface area contributed by atoms with Crippen molar-refractivity contribution in [3.63, 3.8) is 0 Å². The van der Waals surface area contributed by atoms with Gasteiger partial charge in [0.25, 0.3) is 0 Å². The number of carbonyl (C=O) groups excluding carboxylic acids is 1.